The molecule has 16 heavy (non-hydrogen) atoms. The lowest BCUT2D eigenvalue weighted by atomic mass is 10.1. The Morgan fingerprint density at radius 1 is 0.875 bits per heavy atom. The molecule has 2 heteroatoms. The van der Waals surface area contributed by atoms with Crippen molar-refractivity contribution in [3.8, 4) is 0 Å². The van der Waals surface area contributed by atoms with Crippen LogP contribution in [0.1, 0.15) is 65.2 Å². The topological polar surface area (TPSA) is 15.3 Å². The van der Waals surface area contributed by atoms with E-state index in [-0.39, 0.29) is 0 Å². The second kappa shape index (κ2) is 11.4. The van der Waals surface area contributed by atoms with E-state index in [1.165, 1.54) is 51.4 Å². The summed E-state index contributed by atoms with van der Waals surface area (Å²) in [6, 6.07) is 0. The Morgan fingerprint density at radius 2 is 1.38 bits per heavy atom. The molecule has 0 saturated carbocycles. The third kappa shape index (κ3) is 10.4. The largest absolute Gasteiger partial charge is 0.302 e. The molecule has 98 valence electrons. The standard InChI is InChI=1S/C14H32N2/c1-5-6-7-8-9-10-11-12-13-15-14(2)16(3)4/h14-15H,5-13H2,1-4H3. The Labute approximate surface area is 103 Å². The van der Waals surface area contributed by atoms with E-state index in [0.29, 0.717) is 6.17 Å². The fourth-order valence-corrected chi connectivity index (χ4v) is 1.75. The molecule has 0 rings (SSSR count). The minimum Gasteiger partial charge on any atom is -0.302 e. The number of nitrogens with one attached hydrogen (secondary N) is 1. The van der Waals surface area contributed by atoms with Gasteiger partial charge in [0.15, 0.2) is 0 Å². The molecule has 0 spiro atoms. The molecule has 0 aromatic rings. The van der Waals surface area contributed by atoms with E-state index in [4.69, 9.17) is 0 Å². The summed E-state index contributed by atoms with van der Waals surface area (Å²) in [6.07, 6.45) is 11.7. The molecule has 1 atom stereocenters. The molecule has 0 radical (unpaired) electrons. The minimum atomic E-state index is 0.504. The highest BCUT2D eigenvalue weighted by atomic mass is 15.2. The van der Waals surface area contributed by atoms with Gasteiger partial charge in [0, 0.05) is 0 Å². The average molecular weight is 228 g/mol. The van der Waals surface area contributed by atoms with E-state index in [9.17, 15) is 0 Å². The van der Waals surface area contributed by atoms with Crippen molar-refractivity contribution < 1.29 is 0 Å². The van der Waals surface area contributed by atoms with Gasteiger partial charge >= 0.3 is 0 Å². The van der Waals surface area contributed by atoms with E-state index in [0.717, 1.165) is 6.54 Å². The molecule has 1 unspecified atom stereocenters. The van der Waals surface area contributed by atoms with Crippen molar-refractivity contribution in [2.45, 2.75) is 71.4 Å². The molecule has 0 heterocycles. The van der Waals surface area contributed by atoms with Gasteiger partial charge in [-0.15, -0.1) is 0 Å². The highest BCUT2D eigenvalue weighted by Gasteiger charge is 2.01. The van der Waals surface area contributed by atoms with Crippen LogP contribution in [0.25, 0.3) is 0 Å². The molecule has 0 aliphatic rings. The van der Waals surface area contributed by atoms with Gasteiger partial charge in [-0.3, -0.25) is 4.90 Å². The van der Waals surface area contributed by atoms with Crippen LogP contribution in [0.4, 0.5) is 0 Å². The summed E-state index contributed by atoms with van der Waals surface area (Å²) < 4.78 is 0. The van der Waals surface area contributed by atoms with Crippen molar-refractivity contribution in [2.75, 3.05) is 20.6 Å². The van der Waals surface area contributed by atoms with Gasteiger partial charge in [-0.1, -0.05) is 51.9 Å². The fourth-order valence-electron chi connectivity index (χ4n) is 1.75. The lowest BCUT2D eigenvalue weighted by Gasteiger charge is -2.20. The zero-order chi connectivity index (χ0) is 12.2. The van der Waals surface area contributed by atoms with Crippen molar-refractivity contribution in [3.63, 3.8) is 0 Å². The highest BCUT2D eigenvalue weighted by Crippen LogP contribution is 2.07. The second-order valence-corrected chi connectivity index (χ2v) is 5.07. The van der Waals surface area contributed by atoms with Crippen molar-refractivity contribution in [1.82, 2.24) is 10.2 Å². The van der Waals surface area contributed by atoms with E-state index < -0.39 is 0 Å². The Morgan fingerprint density at radius 3 is 1.88 bits per heavy atom. The lowest BCUT2D eigenvalue weighted by molar-refractivity contribution is 0.264. The van der Waals surface area contributed by atoms with E-state index in [1.54, 1.807) is 0 Å². The second-order valence-electron chi connectivity index (χ2n) is 5.07. The van der Waals surface area contributed by atoms with Crippen LogP contribution in [0.3, 0.4) is 0 Å². The van der Waals surface area contributed by atoms with Crippen molar-refractivity contribution in [2.24, 2.45) is 0 Å². The zero-order valence-corrected chi connectivity index (χ0v) is 11.9. The average Bonchev–Trinajstić information content (AvgIpc) is 2.26. The zero-order valence-electron chi connectivity index (χ0n) is 11.9. The van der Waals surface area contributed by atoms with E-state index in [2.05, 4.69) is 38.2 Å². The van der Waals surface area contributed by atoms with Crippen LogP contribution in [-0.4, -0.2) is 31.7 Å². The summed E-state index contributed by atoms with van der Waals surface area (Å²) >= 11 is 0. The van der Waals surface area contributed by atoms with Gasteiger partial charge < -0.3 is 5.32 Å². The first-order chi connectivity index (χ1) is 7.68. The quantitative estimate of drug-likeness (QED) is 0.429. The van der Waals surface area contributed by atoms with Crippen molar-refractivity contribution in [3.05, 3.63) is 0 Å². The van der Waals surface area contributed by atoms with Crippen LogP contribution < -0.4 is 5.32 Å². The summed E-state index contributed by atoms with van der Waals surface area (Å²) in [5.74, 6) is 0. The number of unbranched alkanes of at least 4 members (excludes halogenated alkanes) is 7. The van der Waals surface area contributed by atoms with Gasteiger partial charge in [0.05, 0.1) is 6.17 Å². The van der Waals surface area contributed by atoms with Crippen LogP contribution >= 0.6 is 0 Å². The van der Waals surface area contributed by atoms with Gasteiger partial charge in [-0.05, 0) is 34.0 Å². The molecule has 1 N–H and O–H groups in total. The Kier molecular flexibility index (Phi) is 11.3. The van der Waals surface area contributed by atoms with Crippen LogP contribution in [0.5, 0.6) is 0 Å². The van der Waals surface area contributed by atoms with Gasteiger partial charge in [-0.2, -0.15) is 0 Å². The summed E-state index contributed by atoms with van der Waals surface area (Å²) in [5.41, 5.74) is 0. The maximum Gasteiger partial charge on any atom is 0.0562 e. The summed E-state index contributed by atoms with van der Waals surface area (Å²) in [5, 5.41) is 3.52. The van der Waals surface area contributed by atoms with Gasteiger partial charge in [-0.25, -0.2) is 0 Å². The molecule has 0 aromatic heterocycles. The predicted molar refractivity (Wildman–Crippen MR) is 73.8 cm³/mol. The molecule has 0 aliphatic heterocycles. The number of hydrogen-bond acceptors (Lipinski definition) is 2. The van der Waals surface area contributed by atoms with Gasteiger partial charge in [0.25, 0.3) is 0 Å². The minimum absolute atomic E-state index is 0.504. The molecule has 2 nitrogen and oxygen atoms in total. The Bertz CT molecular complexity index is 135. The van der Waals surface area contributed by atoms with Crippen LogP contribution in [0, 0.1) is 0 Å². The Balaban J connectivity index is 3.04. The van der Waals surface area contributed by atoms with Crippen molar-refractivity contribution in [1.29, 1.82) is 0 Å². The lowest BCUT2D eigenvalue weighted by Crippen LogP contribution is -2.39. The van der Waals surface area contributed by atoms with Gasteiger partial charge in [0.1, 0.15) is 0 Å². The fraction of sp³-hybridized carbons (Fsp3) is 1.00. The van der Waals surface area contributed by atoms with E-state index >= 15 is 0 Å². The first kappa shape index (κ1) is 15.9. The summed E-state index contributed by atoms with van der Waals surface area (Å²) in [6.45, 7) is 5.65. The third-order valence-corrected chi connectivity index (χ3v) is 3.24. The first-order valence-electron chi connectivity index (χ1n) is 7.08. The van der Waals surface area contributed by atoms with Crippen molar-refractivity contribution >= 4 is 0 Å². The molecular weight excluding hydrogens is 196 g/mol. The first-order valence-corrected chi connectivity index (χ1v) is 7.08. The normalized spacial score (nSPS) is 13.3. The molecule has 0 aromatic carbocycles. The molecular formula is C14H32N2. The Hall–Kier alpha value is -0.0800. The molecule has 0 amide bonds. The molecule has 0 bridgehead atoms. The summed E-state index contributed by atoms with van der Waals surface area (Å²) in [7, 11) is 4.23. The van der Waals surface area contributed by atoms with Crippen LogP contribution in [0.15, 0.2) is 0 Å². The maximum atomic E-state index is 3.52. The number of nitrogens with zero attached hydrogens (tertiary/aromatic N) is 1. The molecule has 0 aliphatic carbocycles. The van der Waals surface area contributed by atoms with Gasteiger partial charge in [0.2, 0.25) is 0 Å². The van der Waals surface area contributed by atoms with Crippen LogP contribution in [-0.2, 0) is 0 Å². The summed E-state index contributed by atoms with van der Waals surface area (Å²) in [4.78, 5) is 2.21. The predicted octanol–water partition coefficient (Wildman–Crippen LogP) is 3.62. The number of rotatable bonds is 11. The SMILES string of the molecule is CCCCCCCCCCNC(C)N(C)C. The third-order valence-electron chi connectivity index (χ3n) is 3.24. The monoisotopic (exact) mass is 228 g/mol. The molecule has 0 fully saturated rings. The highest BCUT2D eigenvalue weighted by molar-refractivity contribution is 4.56. The smallest absolute Gasteiger partial charge is 0.0562 e. The van der Waals surface area contributed by atoms with E-state index in [1.807, 2.05) is 0 Å². The van der Waals surface area contributed by atoms with Crippen LogP contribution in [0.2, 0.25) is 0 Å². The number of hydrogen-bond donors (Lipinski definition) is 1. The molecule has 0 saturated heterocycles. The maximum absolute atomic E-state index is 3.52.